The molecule has 0 aromatic heterocycles. The zero-order chi connectivity index (χ0) is 15.3. The molecule has 6 nitrogen and oxygen atoms in total. The Morgan fingerprint density at radius 1 is 1.55 bits per heavy atom. The van der Waals surface area contributed by atoms with Crippen molar-refractivity contribution in [1.82, 2.24) is 10.2 Å². The summed E-state index contributed by atoms with van der Waals surface area (Å²) in [5.41, 5.74) is 6.44. The SMILES string of the molecule is CC(NCc1ccc(F)cc1C(N)=NO)C(=O)N(C)C. The minimum absolute atomic E-state index is 0.0718. The molecule has 0 bridgehead atoms. The molecule has 1 rings (SSSR count). The molecule has 0 radical (unpaired) electrons. The second-order valence-electron chi connectivity index (χ2n) is 4.62. The number of nitrogens with zero attached hydrogens (tertiary/aromatic N) is 2. The van der Waals surface area contributed by atoms with Gasteiger partial charge in [-0.3, -0.25) is 4.79 Å². The van der Waals surface area contributed by atoms with Gasteiger partial charge < -0.3 is 21.2 Å². The van der Waals surface area contributed by atoms with Crippen molar-refractivity contribution < 1.29 is 14.4 Å². The maximum Gasteiger partial charge on any atom is 0.238 e. The fourth-order valence-electron chi connectivity index (χ4n) is 1.73. The predicted octanol–water partition coefficient (Wildman–Crippen LogP) is 0.487. The summed E-state index contributed by atoms with van der Waals surface area (Å²) in [5.74, 6) is -0.724. The zero-order valence-electron chi connectivity index (χ0n) is 11.7. The van der Waals surface area contributed by atoms with E-state index in [4.69, 9.17) is 10.9 Å². The van der Waals surface area contributed by atoms with Crippen LogP contribution in [0.15, 0.2) is 23.4 Å². The molecule has 7 heteroatoms. The maximum absolute atomic E-state index is 13.2. The maximum atomic E-state index is 13.2. The number of halogens is 1. The van der Waals surface area contributed by atoms with Gasteiger partial charge in [0.15, 0.2) is 5.84 Å². The van der Waals surface area contributed by atoms with Crippen molar-refractivity contribution >= 4 is 11.7 Å². The molecule has 0 saturated carbocycles. The van der Waals surface area contributed by atoms with Crippen molar-refractivity contribution in [3.8, 4) is 0 Å². The number of rotatable bonds is 5. The van der Waals surface area contributed by atoms with E-state index >= 15 is 0 Å². The van der Waals surface area contributed by atoms with Gasteiger partial charge in [0, 0.05) is 26.2 Å². The van der Waals surface area contributed by atoms with E-state index in [1.54, 1.807) is 21.0 Å². The Morgan fingerprint density at radius 3 is 2.75 bits per heavy atom. The molecule has 1 amide bonds. The van der Waals surface area contributed by atoms with Gasteiger partial charge in [-0.1, -0.05) is 11.2 Å². The lowest BCUT2D eigenvalue weighted by atomic mass is 10.1. The van der Waals surface area contributed by atoms with Gasteiger partial charge in [-0.15, -0.1) is 0 Å². The normalized spacial score (nSPS) is 13.1. The van der Waals surface area contributed by atoms with Crippen LogP contribution in [0.4, 0.5) is 4.39 Å². The molecular formula is C13H19FN4O2. The number of hydrogen-bond donors (Lipinski definition) is 3. The molecule has 1 aromatic carbocycles. The molecule has 0 heterocycles. The van der Waals surface area contributed by atoms with Gasteiger partial charge in [0.2, 0.25) is 5.91 Å². The molecule has 0 fully saturated rings. The minimum atomic E-state index is -0.479. The molecule has 110 valence electrons. The average Bonchev–Trinajstić information content (AvgIpc) is 2.43. The quantitative estimate of drug-likeness (QED) is 0.317. The van der Waals surface area contributed by atoms with E-state index in [1.807, 2.05) is 0 Å². The Morgan fingerprint density at radius 2 is 2.20 bits per heavy atom. The molecular weight excluding hydrogens is 263 g/mol. The lowest BCUT2D eigenvalue weighted by molar-refractivity contribution is -0.130. The molecule has 1 aromatic rings. The number of nitrogens with two attached hydrogens (primary N) is 1. The third-order valence-corrected chi connectivity index (χ3v) is 2.87. The van der Waals surface area contributed by atoms with E-state index in [9.17, 15) is 9.18 Å². The summed E-state index contributed by atoms with van der Waals surface area (Å²) in [4.78, 5) is 13.2. The van der Waals surface area contributed by atoms with Gasteiger partial charge in [0.25, 0.3) is 0 Å². The molecule has 1 unspecified atom stereocenters. The van der Waals surface area contributed by atoms with Gasteiger partial charge in [0.05, 0.1) is 6.04 Å². The number of carbonyl (C=O) groups excluding carboxylic acids is 1. The Bertz CT molecular complexity index is 517. The van der Waals surface area contributed by atoms with E-state index < -0.39 is 11.9 Å². The van der Waals surface area contributed by atoms with Crippen LogP contribution in [0.25, 0.3) is 0 Å². The molecule has 4 N–H and O–H groups in total. The monoisotopic (exact) mass is 282 g/mol. The Labute approximate surface area is 117 Å². The summed E-state index contributed by atoms with van der Waals surface area (Å²) in [6.45, 7) is 2.03. The van der Waals surface area contributed by atoms with Gasteiger partial charge in [0.1, 0.15) is 5.82 Å². The van der Waals surface area contributed by atoms with E-state index in [-0.39, 0.29) is 11.7 Å². The van der Waals surface area contributed by atoms with E-state index in [2.05, 4.69) is 10.5 Å². The van der Waals surface area contributed by atoms with Crippen LogP contribution in [0.3, 0.4) is 0 Å². The van der Waals surface area contributed by atoms with Crippen molar-refractivity contribution in [1.29, 1.82) is 0 Å². The number of amidine groups is 1. The fourth-order valence-corrected chi connectivity index (χ4v) is 1.73. The highest BCUT2D eigenvalue weighted by Gasteiger charge is 2.15. The summed E-state index contributed by atoms with van der Waals surface area (Å²) in [6, 6.07) is 3.60. The van der Waals surface area contributed by atoms with Crippen LogP contribution >= 0.6 is 0 Å². The first-order chi connectivity index (χ1) is 9.36. The molecule has 0 aliphatic heterocycles. The van der Waals surface area contributed by atoms with Gasteiger partial charge in [-0.25, -0.2) is 4.39 Å². The number of likely N-dealkylation sites (N-methyl/N-ethyl adjacent to an activating group) is 1. The largest absolute Gasteiger partial charge is 0.409 e. The second-order valence-corrected chi connectivity index (χ2v) is 4.62. The van der Waals surface area contributed by atoms with Crippen LogP contribution in [0.5, 0.6) is 0 Å². The molecule has 20 heavy (non-hydrogen) atoms. The smallest absolute Gasteiger partial charge is 0.238 e. The van der Waals surface area contributed by atoms with Crippen LogP contribution in [0, 0.1) is 5.82 Å². The third kappa shape index (κ3) is 3.92. The first kappa shape index (κ1) is 15.9. The van der Waals surface area contributed by atoms with Crippen LogP contribution in [-0.4, -0.2) is 42.0 Å². The van der Waals surface area contributed by atoms with Gasteiger partial charge in [-0.2, -0.15) is 0 Å². The number of hydrogen-bond acceptors (Lipinski definition) is 4. The number of carbonyl (C=O) groups is 1. The van der Waals surface area contributed by atoms with Gasteiger partial charge in [-0.05, 0) is 24.6 Å². The zero-order valence-corrected chi connectivity index (χ0v) is 11.7. The Hall–Kier alpha value is -2.15. The summed E-state index contributed by atoms with van der Waals surface area (Å²) < 4.78 is 13.2. The van der Waals surface area contributed by atoms with Crippen LogP contribution in [-0.2, 0) is 11.3 Å². The van der Waals surface area contributed by atoms with Crippen molar-refractivity contribution in [2.24, 2.45) is 10.9 Å². The summed E-state index contributed by atoms with van der Waals surface area (Å²) in [5, 5.41) is 14.6. The first-order valence-corrected chi connectivity index (χ1v) is 6.07. The lowest BCUT2D eigenvalue weighted by Crippen LogP contribution is -2.41. The number of benzene rings is 1. The van der Waals surface area contributed by atoms with Crippen LogP contribution < -0.4 is 11.1 Å². The Balaban J connectivity index is 2.85. The van der Waals surface area contributed by atoms with Crippen LogP contribution in [0.2, 0.25) is 0 Å². The molecule has 0 aliphatic carbocycles. The summed E-state index contributed by atoms with van der Waals surface area (Å²) in [6.07, 6.45) is 0. The highest BCUT2D eigenvalue weighted by atomic mass is 19.1. The summed E-state index contributed by atoms with van der Waals surface area (Å²) in [7, 11) is 3.33. The van der Waals surface area contributed by atoms with Crippen molar-refractivity contribution in [3.63, 3.8) is 0 Å². The molecule has 0 saturated heterocycles. The van der Waals surface area contributed by atoms with Crippen molar-refractivity contribution in [2.75, 3.05) is 14.1 Å². The second kappa shape index (κ2) is 6.85. The Kier molecular flexibility index (Phi) is 5.45. The van der Waals surface area contributed by atoms with Gasteiger partial charge >= 0.3 is 0 Å². The number of amides is 1. The first-order valence-electron chi connectivity index (χ1n) is 6.07. The average molecular weight is 282 g/mol. The van der Waals surface area contributed by atoms with E-state index in [0.717, 1.165) is 0 Å². The molecule has 0 spiro atoms. The highest BCUT2D eigenvalue weighted by molar-refractivity contribution is 5.98. The van der Waals surface area contributed by atoms with Crippen LogP contribution in [0.1, 0.15) is 18.1 Å². The number of oxime groups is 1. The highest BCUT2D eigenvalue weighted by Crippen LogP contribution is 2.11. The predicted molar refractivity (Wildman–Crippen MR) is 73.9 cm³/mol. The van der Waals surface area contributed by atoms with Crippen molar-refractivity contribution in [2.45, 2.75) is 19.5 Å². The molecule has 0 aliphatic rings. The van der Waals surface area contributed by atoms with E-state index in [1.165, 1.54) is 23.1 Å². The third-order valence-electron chi connectivity index (χ3n) is 2.87. The fraction of sp³-hybridized carbons (Fsp3) is 0.385. The number of nitrogens with one attached hydrogen (secondary N) is 1. The van der Waals surface area contributed by atoms with E-state index in [0.29, 0.717) is 17.7 Å². The minimum Gasteiger partial charge on any atom is -0.409 e. The molecule has 1 atom stereocenters. The summed E-state index contributed by atoms with van der Waals surface area (Å²) >= 11 is 0. The topological polar surface area (TPSA) is 91.0 Å². The van der Waals surface area contributed by atoms with Crippen molar-refractivity contribution in [3.05, 3.63) is 35.1 Å². The standard InChI is InChI=1S/C13H19FN4O2/c1-8(13(19)18(2)3)16-7-9-4-5-10(14)6-11(9)12(15)17-20/h4-6,8,16,20H,7H2,1-3H3,(H2,15,17). The lowest BCUT2D eigenvalue weighted by Gasteiger charge is -2.18.